The standard InChI is InChI=1S/C12H15N3O3/c1-8-6-11(14-12(13-8)18-2)9-4-3-5-10(7-9)15(16)17/h3-5,7-8,11H,6H2,1-2H3,(H,13,14). The van der Waals surface area contributed by atoms with Crippen molar-refractivity contribution in [2.75, 3.05) is 7.11 Å². The lowest BCUT2D eigenvalue weighted by molar-refractivity contribution is -0.384. The van der Waals surface area contributed by atoms with Gasteiger partial charge in [0.05, 0.1) is 18.1 Å². The van der Waals surface area contributed by atoms with E-state index in [1.54, 1.807) is 19.2 Å². The van der Waals surface area contributed by atoms with Crippen molar-refractivity contribution in [3.8, 4) is 0 Å². The van der Waals surface area contributed by atoms with Crippen LogP contribution in [0.4, 0.5) is 5.69 Å². The Bertz CT molecular complexity index is 487. The Morgan fingerprint density at radius 1 is 1.56 bits per heavy atom. The molecule has 1 N–H and O–H groups in total. The Balaban J connectivity index is 2.30. The van der Waals surface area contributed by atoms with Crippen LogP contribution in [0.2, 0.25) is 0 Å². The SMILES string of the molecule is COC1=NC(c2cccc([N+](=O)[O-])c2)CC(C)N1. The summed E-state index contributed by atoms with van der Waals surface area (Å²) in [5, 5.41) is 13.9. The number of hydrogen-bond donors (Lipinski definition) is 1. The van der Waals surface area contributed by atoms with Crippen molar-refractivity contribution in [2.45, 2.75) is 25.4 Å². The summed E-state index contributed by atoms with van der Waals surface area (Å²) in [6.07, 6.45) is 0.786. The van der Waals surface area contributed by atoms with Gasteiger partial charge in [-0.15, -0.1) is 0 Å². The Morgan fingerprint density at radius 3 is 3.00 bits per heavy atom. The molecule has 0 saturated heterocycles. The van der Waals surface area contributed by atoms with E-state index in [2.05, 4.69) is 10.3 Å². The summed E-state index contributed by atoms with van der Waals surface area (Å²) in [6, 6.07) is 7.19. The molecule has 0 radical (unpaired) electrons. The van der Waals surface area contributed by atoms with Gasteiger partial charge in [-0.1, -0.05) is 12.1 Å². The maximum atomic E-state index is 10.8. The molecule has 6 heteroatoms. The molecule has 2 unspecified atom stereocenters. The lowest BCUT2D eigenvalue weighted by atomic mass is 9.99. The highest BCUT2D eigenvalue weighted by Crippen LogP contribution is 2.28. The molecule has 0 spiro atoms. The quantitative estimate of drug-likeness (QED) is 0.642. The zero-order chi connectivity index (χ0) is 13.1. The van der Waals surface area contributed by atoms with Crippen LogP contribution in [-0.2, 0) is 4.74 Å². The van der Waals surface area contributed by atoms with Crippen LogP contribution >= 0.6 is 0 Å². The maximum Gasteiger partial charge on any atom is 0.285 e. The first-order chi connectivity index (χ1) is 8.60. The predicted octanol–water partition coefficient (Wildman–Crippen LogP) is 2.02. The highest BCUT2D eigenvalue weighted by molar-refractivity contribution is 5.74. The largest absolute Gasteiger partial charge is 0.469 e. The number of nitro benzene ring substituents is 1. The van der Waals surface area contributed by atoms with Crippen molar-refractivity contribution >= 4 is 11.7 Å². The Morgan fingerprint density at radius 2 is 2.33 bits per heavy atom. The Hall–Kier alpha value is -2.11. The normalized spacial score (nSPS) is 22.9. The smallest absolute Gasteiger partial charge is 0.285 e. The van der Waals surface area contributed by atoms with Crippen molar-refractivity contribution in [1.82, 2.24) is 5.32 Å². The number of non-ortho nitro benzene ring substituents is 1. The molecule has 1 aromatic rings. The molecule has 2 rings (SSSR count). The van der Waals surface area contributed by atoms with E-state index in [0.717, 1.165) is 12.0 Å². The lowest BCUT2D eigenvalue weighted by Gasteiger charge is -2.26. The van der Waals surface area contributed by atoms with Crippen LogP contribution in [0.15, 0.2) is 29.3 Å². The third-order valence-electron chi connectivity index (χ3n) is 2.88. The molecule has 1 aliphatic heterocycles. The van der Waals surface area contributed by atoms with E-state index in [0.29, 0.717) is 6.02 Å². The average molecular weight is 249 g/mol. The second-order valence-electron chi connectivity index (χ2n) is 4.29. The average Bonchev–Trinajstić information content (AvgIpc) is 2.38. The molecule has 6 nitrogen and oxygen atoms in total. The fourth-order valence-electron chi connectivity index (χ4n) is 2.00. The molecule has 0 amide bonds. The second kappa shape index (κ2) is 5.03. The zero-order valence-corrected chi connectivity index (χ0v) is 10.3. The summed E-state index contributed by atoms with van der Waals surface area (Å²) in [5.74, 6) is 0. The van der Waals surface area contributed by atoms with Crippen molar-refractivity contribution in [3.05, 3.63) is 39.9 Å². The number of ether oxygens (including phenoxy) is 1. The number of benzene rings is 1. The second-order valence-corrected chi connectivity index (χ2v) is 4.29. The van der Waals surface area contributed by atoms with Gasteiger partial charge in [-0.2, -0.15) is 0 Å². The molecule has 0 saturated carbocycles. The van der Waals surface area contributed by atoms with Crippen molar-refractivity contribution in [2.24, 2.45) is 4.99 Å². The van der Waals surface area contributed by atoms with Crippen LogP contribution in [0.1, 0.15) is 24.9 Å². The highest BCUT2D eigenvalue weighted by atomic mass is 16.6. The van der Waals surface area contributed by atoms with E-state index in [1.807, 2.05) is 13.0 Å². The summed E-state index contributed by atoms with van der Waals surface area (Å²) in [7, 11) is 1.55. The van der Waals surface area contributed by atoms with E-state index in [1.165, 1.54) is 6.07 Å². The van der Waals surface area contributed by atoms with Crippen LogP contribution in [0.25, 0.3) is 0 Å². The van der Waals surface area contributed by atoms with Crippen molar-refractivity contribution < 1.29 is 9.66 Å². The van der Waals surface area contributed by atoms with E-state index < -0.39 is 4.92 Å². The summed E-state index contributed by atoms with van der Waals surface area (Å²) < 4.78 is 5.10. The molecule has 0 bridgehead atoms. The van der Waals surface area contributed by atoms with Gasteiger partial charge in [0.2, 0.25) is 0 Å². The minimum absolute atomic E-state index is 0.0906. The van der Waals surface area contributed by atoms with Gasteiger partial charge in [-0.3, -0.25) is 10.1 Å². The minimum atomic E-state index is -0.394. The number of nitro groups is 1. The van der Waals surface area contributed by atoms with Crippen LogP contribution in [0.3, 0.4) is 0 Å². The Kier molecular flexibility index (Phi) is 3.45. The summed E-state index contributed by atoms with van der Waals surface area (Å²) in [4.78, 5) is 14.7. The zero-order valence-electron chi connectivity index (χ0n) is 10.3. The van der Waals surface area contributed by atoms with Crippen LogP contribution < -0.4 is 5.32 Å². The van der Waals surface area contributed by atoms with Crippen LogP contribution in [0.5, 0.6) is 0 Å². The van der Waals surface area contributed by atoms with E-state index >= 15 is 0 Å². The van der Waals surface area contributed by atoms with Gasteiger partial charge >= 0.3 is 0 Å². The first kappa shape index (κ1) is 12.3. The number of aliphatic imine (C=N–C) groups is 1. The fraction of sp³-hybridized carbons (Fsp3) is 0.417. The van der Waals surface area contributed by atoms with Gasteiger partial charge in [0.15, 0.2) is 0 Å². The van der Waals surface area contributed by atoms with Gasteiger partial charge < -0.3 is 10.1 Å². The third kappa shape index (κ3) is 2.58. The number of nitrogens with zero attached hydrogens (tertiary/aromatic N) is 2. The van der Waals surface area contributed by atoms with Gasteiger partial charge in [0.1, 0.15) is 0 Å². The first-order valence-electron chi connectivity index (χ1n) is 5.73. The molecule has 1 aliphatic rings. The number of rotatable bonds is 2. The molecule has 1 heterocycles. The molecule has 1 aromatic carbocycles. The first-order valence-corrected chi connectivity index (χ1v) is 5.73. The lowest BCUT2D eigenvalue weighted by Crippen LogP contribution is -2.38. The molecular formula is C12H15N3O3. The van der Waals surface area contributed by atoms with Crippen molar-refractivity contribution in [1.29, 1.82) is 0 Å². The predicted molar refractivity (Wildman–Crippen MR) is 67.5 cm³/mol. The topological polar surface area (TPSA) is 76.8 Å². The summed E-state index contributed by atoms with van der Waals surface area (Å²) >= 11 is 0. The van der Waals surface area contributed by atoms with Gasteiger partial charge in [-0.05, 0) is 18.9 Å². The minimum Gasteiger partial charge on any atom is -0.469 e. The summed E-state index contributed by atoms with van der Waals surface area (Å²) in [5.41, 5.74) is 0.931. The van der Waals surface area contributed by atoms with Crippen molar-refractivity contribution in [3.63, 3.8) is 0 Å². The van der Waals surface area contributed by atoms with E-state index in [-0.39, 0.29) is 17.8 Å². The molecule has 0 fully saturated rings. The summed E-state index contributed by atoms with van der Waals surface area (Å²) in [6.45, 7) is 2.03. The number of nitrogens with one attached hydrogen (secondary N) is 1. The number of amidine groups is 1. The maximum absolute atomic E-state index is 10.8. The number of hydrogen-bond acceptors (Lipinski definition) is 5. The molecule has 0 aliphatic carbocycles. The van der Waals surface area contributed by atoms with Gasteiger partial charge in [-0.25, -0.2) is 4.99 Å². The van der Waals surface area contributed by atoms with Gasteiger partial charge in [0, 0.05) is 18.2 Å². The van der Waals surface area contributed by atoms with Crippen LogP contribution in [-0.4, -0.2) is 24.1 Å². The molecular weight excluding hydrogens is 234 g/mol. The fourth-order valence-corrected chi connectivity index (χ4v) is 2.00. The molecule has 2 atom stereocenters. The van der Waals surface area contributed by atoms with E-state index in [9.17, 15) is 10.1 Å². The highest BCUT2D eigenvalue weighted by Gasteiger charge is 2.23. The van der Waals surface area contributed by atoms with Gasteiger partial charge in [0.25, 0.3) is 11.7 Å². The molecule has 96 valence electrons. The molecule has 0 aromatic heterocycles. The van der Waals surface area contributed by atoms with Crippen LogP contribution in [0, 0.1) is 10.1 Å². The van der Waals surface area contributed by atoms with E-state index in [4.69, 9.17) is 4.74 Å². The number of methoxy groups -OCH3 is 1. The monoisotopic (exact) mass is 249 g/mol. The molecule has 18 heavy (non-hydrogen) atoms. The Labute approximate surface area is 105 Å². The third-order valence-corrected chi connectivity index (χ3v) is 2.88.